The van der Waals surface area contributed by atoms with Crippen molar-refractivity contribution in [1.29, 1.82) is 0 Å². The Morgan fingerprint density at radius 2 is 2.22 bits per heavy atom. The van der Waals surface area contributed by atoms with Crippen LogP contribution < -0.4 is 11.1 Å². The van der Waals surface area contributed by atoms with Gasteiger partial charge in [0, 0.05) is 6.42 Å². The third-order valence-electron chi connectivity index (χ3n) is 3.18. The molecular formula is C13H23N3O2. The summed E-state index contributed by atoms with van der Waals surface area (Å²) in [6.07, 6.45) is 5.19. The summed E-state index contributed by atoms with van der Waals surface area (Å²) in [5.41, 5.74) is 6.40. The molecule has 1 aromatic heterocycles. The molecule has 1 unspecified atom stereocenters. The smallest absolute Gasteiger partial charge is 0.224 e. The lowest BCUT2D eigenvalue weighted by Crippen LogP contribution is -2.25. The van der Waals surface area contributed by atoms with Crippen molar-refractivity contribution in [2.24, 2.45) is 17.1 Å². The Balaban J connectivity index is 2.40. The van der Waals surface area contributed by atoms with Gasteiger partial charge in [-0.15, -0.1) is 0 Å². The Kier molecular flexibility index (Phi) is 5.34. The maximum atomic E-state index is 11.7. The molecule has 0 aliphatic heterocycles. The molecule has 0 aromatic carbocycles. The molecule has 102 valence electrons. The van der Waals surface area contributed by atoms with Crippen molar-refractivity contribution in [3.63, 3.8) is 0 Å². The third kappa shape index (κ3) is 4.87. The van der Waals surface area contributed by atoms with Crippen molar-refractivity contribution in [3.8, 4) is 0 Å². The van der Waals surface area contributed by atoms with E-state index >= 15 is 0 Å². The largest absolute Gasteiger partial charge is 0.363 e. The molecule has 5 nitrogen and oxygen atoms in total. The molecule has 0 saturated carbocycles. The summed E-state index contributed by atoms with van der Waals surface area (Å²) in [6, 6.07) is 0. The van der Waals surface area contributed by atoms with Crippen LogP contribution in [0.3, 0.4) is 0 Å². The SMILES string of the molecule is CC(C)(C)C(CCN)CCC(=O)Nc1cnoc1. The van der Waals surface area contributed by atoms with Crippen molar-refractivity contribution < 1.29 is 9.32 Å². The number of amides is 1. The number of aromatic nitrogens is 1. The lowest BCUT2D eigenvalue weighted by molar-refractivity contribution is -0.116. The second-order valence-electron chi connectivity index (χ2n) is 5.64. The van der Waals surface area contributed by atoms with Crippen LogP contribution in [0, 0.1) is 11.3 Å². The van der Waals surface area contributed by atoms with Crippen LogP contribution in [0.4, 0.5) is 5.69 Å². The Bertz CT molecular complexity index is 355. The highest BCUT2D eigenvalue weighted by atomic mass is 16.5. The van der Waals surface area contributed by atoms with Crippen molar-refractivity contribution in [2.75, 3.05) is 11.9 Å². The normalized spacial score (nSPS) is 13.3. The van der Waals surface area contributed by atoms with Gasteiger partial charge < -0.3 is 15.6 Å². The Morgan fingerprint density at radius 1 is 1.50 bits per heavy atom. The maximum absolute atomic E-state index is 11.7. The quantitative estimate of drug-likeness (QED) is 0.815. The molecule has 1 rings (SSSR count). The van der Waals surface area contributed by atoms with Crippen LogP contribution in [0.2, 0.25) is 0 Å². The number of anilines is 1. The summed E-state index contributed by atoms with van der Waals surface area (Å²) < 4.78 is 4.65. The van der Waals surface area contributed by atoms with Crippen LogP contribution in [0.25, 0.3) is 0 Å². The van der Waals surface area contributed by atoms with Gasteiger partial charge in [-0.05, 0) is 30.7 Å². The number of nitrogens with zero attached hydrogens (tertiary/aromatic N) is 1. The predicted molar refractivity (Wildman–Crippen MR) is 71.0 cm³/mol. The van der Waals surface area contributed by atoms with Gasteiger partial charge >= 0.3 is 0 Å². The average molecular weight is 253 g/mol. The van der Waals surface area contributed by atoms with Crippen molar-refractivity contribution in [2.45, 2.75) is 40.0 Å². The zero-order valence-corrected chi connectivity index (χ0v) is 11.4. The zero-order valence-electron chi connectivity index (χ0n) is 11.4. The van der Waals surface area contributed by atoms with Gasteiger partial charge in [0.2, 0.25) is 5.91 Å². The average Bonchev–Trinajstić information content (AvgIpc) is 2.75. The molecule has 0 spiro atoms. The van der Waals surface area contributed by atoms with E-state index < -0.39 is 0 Å². The second-order valence-corrected chi connectivity index (χ2v) is 5.64. The predicted octanol–water partition coefficient (Wildman–Crippen LogP) is 2.40. The molecule has 1 atom stereocenters. The Morgan fingerprint density at radius 3 is 2.72 bits per heavy atom. The summed E-state index contributed by atoms with van der Waals surface area (Å²) in [4.78, 5) is 11.7. The minimum atomic E-state index is -0.00975. The van der Waals surface area contributed by atoms with Gasteiger partial charge in [-0.25, -0.2) is 0 Å². The van der Waals surface area contributed by atoms with Gasteiger partial charge in [0.15, 0.2) is 0 Å². The highest BCUT2D eigenvalue weighted by molar-refractivity contribution is 5.90. The van der Waals surface area contributed by atoms with Gasteiger partial charge in [0.25, 0.3) is 0 Å². The fourth-order valence-electron chi connectivity index (χ4n) is 2.01. The zero-order chi connectivity index (χ0) is 13.6. The number of nitrogens with one attached hydrogen (secondary N) is 1. The van der Waals surface area contributed by atoms with Crippen LogP contribution in [0.1, 0.15) is 40.0 Å². The molecular weight excluding hydrogens is 230 g/mol. The Labute approximate surface area is 108 Å². The van der Waals surface area contributed by atoms with E-state index in [0.717, 1.165) is 12.8 Å². The molecule has 18 heavy (non-hydrogen) atoms. The minimum absolute atomic E-state index is 0.00975. The number of nitrogens with two attached hydrogens (primary N) is 1. The number of hydrogen-bond acceptors (Lipinski definition) is 4. The van der Waals surface area contributed by atoms with Gasteiger partial charge in [-0.1, -0.05) is 25.9 Å². The summed E-state index contributed by atoms with van der Waals surface area (Å²) in [6.45, 7) is 7.22. The fourth-order valence-corrected chi connectivity index (χ4v) is 2.01. The Hall–Kier alpha value is -1.36. The van der Waals surface area contributed by atoms with E-state index in [9.17, 15) is 4.79 Å². The van der Waals surface area contributed by atoms with Crippen LogP contribution in [0.5, 0.6) is 0 Å². The first kappa shape index (κ1) is 14.7. The third-order valence-corrected chi connectivity index (χ3v) is 3.18. The molecule has 0 saturated heterocycles. The summed E-state index contributed by atoms with van der Waals surface area (Å²) in [5.74, 6) is 0.445. The van der Waals surface area contributed by atoms with Gasteiger partial charge in [0.1, 0.15) is 12.0 Å². The molecule has 0 fully saturated rings. The number of carbonyl (C=O) groups is 1. The number of hydrogen-bond donors (Lipinski definition) is 2. The molecule has 1 aromatic rings. The molecule has 5 heteroatoms. The van der Waals surface area contributed by atoms with E-state index in [-0.39, 0.29) is 11.3 Å². The fraction of sp³-hybridized carbons (Fsp3) is 0.692. The van der Waals surface area contributed by atoms with Crippen LogP contribution in [0.15, 0.2) is 17.0 Å². The molecule has 0 radical (unpaired) electrons. The van der Waals surface area contributed by atoms with Crippen molar-refractivity contribution in [1.82, 2.24) is 5.16 Å². The second kappa shape index (κ2) is 6.54. The first-order valence-electron chi connectivity index (χ1n) is 6.32. The molecule has 0 aliphatic rings. The van der Waals surface area contributed by atoms with Crippen molar-refractivity contribution >= 4 is 11.6 Å². The number of carbonyl (C=O) groups excluding carboxylic acids is 1. The topological polar surface area (TPSA) is 81.2 Å². The molecule has 3 N–H and O–H groups in total. The lowest BCUT2D eigenvalue weighted by atomic mass is 9.76. The van der Waals surface area contributed by atoms with Crippen LogP contribution >= 0.6 is 0 Å². The molecule has 0 aliphatic carbocycles. The molecule has 1 amide bonds. The van der Waals surface area contributed by atoms with Gasteiger partial charge in [0.05, 0.1) is 6.20 Å². The summed E-state index contributed by atoms with van der Waals surface area (Å²) in [5, 5.41) is 6.28. The minimum Gasteiger partial charge on any atom is -0.363 e. The first-order valence-corrected chi connectivity index (χ1v) is 6.32. The number of rotatable bonds is 6. The van der Waals surface area contributed by atoms with E-state index in [4.69, 9.17) is 5.73 Å². The van der Waals surface area contributed by atoms with Gasteiger partial charge in [-0.3, -0.25) is 4.79 Å². The summed E-state index contributed by atoms with van der Waals surface area (Å²) >= 11 is 0. The van der Waals surface area contributed by atoms with E-state index in [2.05, 4.69) is 35.8 Å². The van der Waals surface area contributed by atoms with E-state index in [0.29, 0.717) is 24.6 Å². The highest BCUT2D eigenvalue weighted by Crippen LogP contribution is 2.32. The standard InChI is InChI=1S/C13H23N3O2/c1-13(2,3)10(6-7-14)4-5-12(17)16-11-8-15-18-9-11/h8-10H,4-7,14H2,1-3H3,(H,16,17). The van der Waals surface area contributed by atoms with E-state index in [1.165, 1.54) is 12.5 Å². The maximum Gasteiger partial charge on any atom is 0.224 e. The monoisotopic (exact) mass is 253 g/mol. The van der Waals surface area contributed by atoms with Gasteiger partial charge in [-0.2, -0.15) is 0 Å². The molecule has 1 heterocycles. The summed E-state index contributed by atoms with van der Waals surface area (Å²) in [7, 11) is 0. The highest BCUT2D eigenvalue weighted by Gasteiger charge is 2.24. The molecule has 0 bridgehead atoms. The van der Waals surface area contributed by atoms with E-state index in [1.54, 1.807) is 0 Å². The van der Waals surface area contributed by atoms with Crippen LogP contribution in [-0.4, -0.2) is 17.6 Å². The van der Waals surface area contributed by atoms with Crippen molar-refractivity contribution in [3.05, 3.63) is 12.5 Å². The van der Waals surface area contributed by atoms with Crippen LogP contribution in [-0.2, 0) is 4.79 Å². The van der Waals surface area contributed by atoms with E-state index in [1.807, 2.05) is 0 Å². The lowest BCUT2D eigenvalue weighted by Gasteiger charge is -2.30. The first-order chi connectivity index (χ1) is 8.43.